The van der Waals surface area contributed by atoms with E-state index in [0.717, 1.165) is 66.8 Å². The number of fused-ring (bicyclic) bond motifs is 3. The first-order valence-corrected chi connectivity index (χ1v) is 10.8. The number of halogens is 1. The number of rotatable bonds is 7. The molecular weight excluding hydrogens is 386 g/mol. The molecule has 0 radical (unpaired) electrons. The number of benzene rings is 2. The van der Waals surface area contributed by atoms with Crippen LogP contribution in [0.5, 0.6) is 5.75 Å². The maximum atomic E-state index is 12.5. The van der Waals surface area contributed by atoms with E-state index in [1.54, 1.807) is 31.4 Å². The van der Waals surface area contributed by atoms with Crippen LogP contribution in [0.4, 0.5) is 0 Å². The van der Waals surface area contributed by atoms with Crippen LogP contribution in [0.3, 0.4) is 0 Å². The summed E-state index contributed by atoms with van der Waals surface area (Å²) in [7, 11) is 1.66. The molecule has 2 aromatic rings. The highest BCUT2D eigenvalue weighted by molar-refractivity contribution is 6.30. The number of hydrogen-bond acceptors (Lipinski definition) is 3. The number of hydrogen-bond donors (Lipinski definition) is 1. The lowest BCUT2D eigenvalue weighted by Crippen LogP contribution is -2.67. The number of ether oxygens (including phenoxy) is 1. The van der Waals surface area contributed by atoms with Gasteiger partial charge in [0.15, 0.2) is 5.78 Å². The minimum atomic E-state index is -0.789. The first-order valence-electron chi connectivity index (χ1n) is 10.4. The van der Waals surface area contributed by atoms with E-state index < -0.39 is 5.60 Å². The number of aliphatic hydroxyl groups is 1. The van der Waals surface area contributed by atoms with Crippen LogP contribution >= 0.6 is 11.6 Å². The summed E-state index contributed by atoms with van der Waals surface area (Å²) in [4.78, 5) is 12.5. The zero-order valence-corrected chi connectivity index (χ0v) is 17.7. The van der Waals surface area contributed by atoms with Crippen molar-refractivity contribution < 1.29 is 19.1 Å². The predicted molar refractivity (Wildman–Crippen MR) is 114 cm³/mol. The van der Waals surface area contributed by atoms with Crippen molar-refractivity contribution in [3.05, 3.63) is 64.7 Å². The minimum absolute atomic E-state index is 0.164. The molecule has 0 spiro atoms. The Bertz CT molecular complexity index is 857. The van der Waals surface area contributed by atoms with Crippen molar-refractivity contribution in [3.63, 3.8) is 0 Å². The van der Waals surface area contributed by atoms with E-state index in [2.05, 4.69) is 0 Å². The van der Waals surface area contributed by atoms with Gasteiger partial charge in [0.1, 0.15) is 17.9 Å². The second-order valence-corrected chi connectivity index (χ2v) is 9.07. The third-order valence-corrected chi connectivity index (χ3v) is 7.20. The number of piperidine rings is 3. The Kier molecular flexibility index (Phi) is 5.69. The van der Waals surface area contributed by atoms with Gasteiger partial charge in [-0.2, -0.15) is 0 Å². The third kappa shape index (κ3) is 4.07. The van der Waals surface area contributed by atoms with Crippen LogP contribution in [0.2, 0.25) is 5.02 Å². The van der Waals surface area contributed by atoms with Crippen LogP contribution in [-0.2, 0) is 5.60 Å². The first-order chi connectivity index (χ1) is 13.9. The highest BCUT2D eigenvalue weighted by Crippen LogP contribution is 2.46. The molecule has 1 atom stereocenters. The topological polar surface area (TPSA) is 46.5 Å². The van der Waals surface area contributed by atoms with Gasteiger partial charge in [0.05, 0.1) is 26.7 Å². The molecule has 0 amide bonds. The number of Topliss-reactive ketones (excluding diaryl/α,β-unsaturated/α-hetero) is 1. The molecule has 29 heavy (non-hydrogen) atoms. The smallest absolute Gasteiger partial charge is 0.163 e. The SMILES string of the molecule is COc1ccc(C2(O)C[N+]3(CCCC(=O)c4ccc(Cl)cc4)CCC2CC3)cc1. The molecule has 2 bridgehead atoms. The Balaban J connectivity index is 1.42. The zero-order chi connectivity index (χ0) is 20.5. The van der Waals surface area contributed by atoms with Crippen LogP contribution in [0.25, 0.3) is 0 Å². The van der Waals surface area contributed by atoms with Crippen molar-refractivity contribution >= 4 is 17.4 Å². The quantitative estimate of drug-likeness (QED) is 0.538. The predicted octanol–water partition coefficient (Wildman–Crippen LogP) is 4.44. The molecular formula is C24H29ClNO3+. The summed E-state index contributed by atoms with van der Waals surface area (Å²) in [6.45, 7) is 3.86. The molecule has 0 aliphatic carbocycles. The summed E-state index contributed by atoms with van der Waals surface area (Å²) in [6, 6.07) is 15.0. The van der Waals surface area contributed by atoms with Crippen molar-refractivity contribution in [1.82, 2.24) is 0 Å². The van der Waals surface area contributed by atoms with E-state index in [1.165, 1.54) is 0 Å². The van der Waals surface area contributed by atoms with E-state index in [9.17, 15) is 9.90 Å². The average molecular weight is 415 g/mol. The number of methoxy groups -OCH3 is 1. The lowest BCUT2D eigenvalue weighted by atomic mass is 9.70. The van der Waals surface area contributed by atoms with Crippen LogP contribution in [-0.4, -0.2) is 48.7 Å². The fourth-order valence-electron chi connectivity index (χ4n) is 5.26. The standard InChI is InChI=1S/C24H29ClNO3/c1-29-22-10-6-19(7-11-22)24(28)17-26(15-12-20(24)13-16-26)14-2-3-23(27)18-4-8-21(25)9-5-18/h4-11,20,28H,2-3,12-17H2,1H3/q+1. The molecule has 3 heterocycles. The molecule has 154 valence electrons. The Morgan fingerprint density at radius 1 is 1.14 bits per heavy atom. The van der Waals surface area contributed by atoms with E-state index in [4.69, 9.17) is 16.3 Å². The first kappa shape index (κ1) is 20.4. The number of carbonyl (C=O) groups is 1. The fraction of sp³-hybridized carbons (Fsp3) is 0.458. The molecule has 0 saturated carbocycles. The summed E-state index contributed by atoms with van der Waals surface area (Å²) in [5.41, 5.74) is 0.923. The number of quaternary nitrogens is 1. The van der Waals surface area contributed by atoms with Gasteiger partial charge in [-0.1, -0.05) is 23.7 Å². The summed E-state index contributed by atoms with van der Waals surface area (Å²) in [6.07, 6.45) is 3.44. The molecule has 0 aromatic heterocycles. The van der Waals surface area contributed by atoms with E-state index in [-0.39, 0.29) is 5.78 Å². The third-order valence-electron chi connectivity index (χ3n) is 6.95. The maximum absolute atomic E-state index is 12.5. The second-order valence-electron chi connectivity index (χ2n) is 8.63. The van der Waals surface area contributed by atoms with Crippen LogP contribution in [0.15, 0.2) is 48.5 Å². The fourth-order valence-corrected chi connectivity index (χ4v) is 5.38. The van der Waals surface area contributed by atoms with Gasteiger partial charge >= 0.3 is 0 Å². The average Bonchev–Trinajstić information content (AvgIpc) is 2.74. The normalized spacial score (nSPS) is 28.3. The van der Waals surface area contributed by atoms with E-state index in [1.807, 2.05) is 24.3 Å². The van der Waals surface area contributed by atoms with Gasteiger partial charge < -0.3 is 14.3 Å². The van der Waals surface area contributed by atoms with Crippen LogP contribution < -0.4 is 4.74 Å². The molecule has 3 aliphatic rings. The number of carbonyl (C=O) groups excluding carboxylic acids is 1. The molecule has 2 aromatic carbocycles. The Morgan fingerprint density at radius 3 is 2.41 bits per heavy atom. The Hall–Kier alpha value is -1.88. The summed E-state index contributed by atoms with van der Waals surface area (Å²) < 4.78 is 6.17. The van der Waals surface area contributed by atoms with E-state index >= 15 is 0 Å². The lowest BCUT2D eigenvalue weighted by Gasteiger charge is -2.56. The van der Waals surface area contributed by atoms with Gasteiger partial charge in [-0.25, -0.2) is 0 Å². The summed E-state index contributed by atoms with van der Waals surface area (Å²) in [5, 5.41) is 12.3. The minimum Gasteiger partial charge on any atom is -0.497 e. The monoisotopic (exact) mass is 414 g/mol. The molecule has 5 heteroatoms. The van der Waals surface area contributed by atoms with Gasteiger partial charge in [-0.3, -0.25) is 4.79 Å². The molecule has 3 saturated heterocycles. The van der Waals surface area contributed by atoms with Gasteiger partial charge in [-0.05, 0) is 42.0 Å². The van der Waals surface area contributed by atoms with Crippen molar-refractivity contribution in [2.75, 3.05) is 33.3 Å². The highest BCUT2D eigenvalue weighted by atomic mass is 35.5. The van der Waals surface area contributed by atoms with Gasteiger partial charge in [0, 0.05) is 42.2 Å². The zero-order valence-electron chi connectivity index (χ0n) is 16.9. The Morgan fingerprint density at radius 2 is 1.79 bits per heavy atom. The van der Waals surface area contributed by atoms with Crippen molar-refractivity contribution in [2.45, 2.75) is 31.3 Å². The van der Waals surface area contributed by atoms with Gasteiger partial charge in [-0.15, -0.1) is 0 Å². The lowest BCUT2D eigenvalue weighted by molar-refractivity contribution is -0.952. The van der Waals surface area contributed by atoms with Crippen molar-refractivity contribution in [3.8, 4) is 5.75 Å². The maximum Gasteiger partial charge on any atom is 0.163 e. The summed E-state index contributed by atoms with van der Waals surface area (Å²) in [5.74, 6) is 1.28. The van der Waals surface area contributed by atoms with Crippen molar-refractivity contribution in [2.24, 2.45) is 5.92 Å². The summed E-state index contributed by atoms with van der Waals surface area (Å²) >= 11 is 5.91. The molecule has 4 nitrogen and oxygen atoms in total. The van der Waals surface area contributed by atoms with Crippen molar-refractivity contribution in [1.29, 1.82) is 0 Å². The Labute approximate surface area is 177 Å². The highest BCUT2D eigenvalue weighted by Gasteiger charge is 2.54. The van der Waals surface area contributed by atoms with Crippen LogP contribution in [0.1, 0.15) is 41.6 Å². The number of ketones is 1. The van der Waals surface area contributed by atoms with Gasteiger partial charge in [0.2, 0.25) is 0 Å². The largest absolute Gasteiger partial charge is 0.497 e. The molecule has 3 aliphatic heterocycles. The second kappa shape index (κ2) is 8.10. The van der Waals surface area contributed by atoms with E-state index in [0.29, 0.717) is 17.4 Å². The van der Waals surface area contributed by atoms with Crippen LogP contribution in [0, 0.1) is 5.92 Å². The molecule has 3 fully saturated rings. The van der Waals surface area contributed by atoms with Gasteiger partial charge in [0.25, 0.3) is 0 Å². The molecule has 1 N–H and O–H groups in total. The number of nitrogens with zero attached hydrogens (tertiary/aromatic N) is 1. The molecule has 5 rings (SSSR count). The molecule has 1 unspecified atom stereocenters.